The third-order valence-electron chi connectivity index (χ3n) is 3.92. The van der Waals surface area contributed by atoms with Crippen LogP contribution in [-0.4, -0.2) is 43.3 Å². The van der Waals surface area contributed by atoms with E-state index in [1.54, 1.807) is 30.8 Å². The van der Waals surface area contributed by atoms with Crippen LogP contribution in [0.15, 0.2) is 77.0 Å². The van der Waals surface area contributed by atoms with E-state index >= 15 is 0 Å². The summed E-state index contributed by atoms with van der Waals surface area (Å²) in [6.45, 7) is 2.21. The highest BCUT2D eigenvalue weighted by Crippen LogP contribution is 2.29. The van der Waals surface area contributed by atoms with Crippen LogP contribution in [0.2, 0.25) is 0 Å². The van der Waals surface area contributed by atoms with E-state index in [0.29, 0.717) is 5.70 Å². The summed E-state index contributed by atoms with van der Waals surface area (Å²) in [4.78, 5) is 15.8. The Morgan fingerprint density at radius 1 is 1.12 bits per heavy atom. The average Bonchev–Trinajstić information content (AvgIpc) is 3.27. The Kier molecular flexibility index (Phi) is 13.3. The molecule has 0 spiro atoms. The molecule has 6 N–H and O–H groups in total. The van der Waals surface area contributed by atoms with Crippen LogP contribution in [-0.2, 0) is 9.53 Å². The Bertz CT molecular complexity index is 979. The quantitative estimate of drug-likeness (QED) is 0.180. The van der Waals surface area contributed by atoms with Crippen LogP contribution in [0.3, 0.4) is 0 Å². The second-order valence-electron chi connectivity index (χ2n) is 6.55. The molecule has 1 aromatic carbocycles. The topological polar surface area (TPSA) is 130 Å². The highest BCUT2D eigenvalue weighted by Gasteiger charge is 2.02. The number of thiol groups is 1. The summed E-state index contributed by atoms with van der Waals surface area (Å²) in [5.74, 6) is 5.83. The van der Waals surface area contributed by atoms with Crippen molar-refractivity contribution in [2.75, 3.05) is 27.3 Å². The maximum atomic E-state index is 10.6. The van der Waals surface area contributed by atoms with Gasteiger partial charge in [-0.2, -0.15) is 0 Å². The zero-order valence-electron chi connectivity index (χ0n) is 19.0. The zero-order chi connectivity index (χ0) is 24.6. The summed E-state index contributed by atoms with van der Waals surface area (Å²) >= 11 is 5.94. The van der Waals surface area contributed by atoms with Crippen LogP contribution >= 0.6 is 24.0 Å². The number of carbonyl (C=O) groups is 1. The molecule has 3 rings (SSSR count). The van der Waals surface area contributed by atoms with Gasteiger partial charge in [-0.1, -0.05) is 17.7 Å². The Labute approximate surface area is 204 Å². The van der Waals surface area contributed by atoms with Crippen LogP contribution in [0.5, 0.6) is 5.75 Å². The number of esters is 1. The number of hydrogen-bond donors (Lipinski definition) is 4. The third kappa shape index (κ3) is 11.9. The van der Waals surface area contributed by atoms with Crippen molar-refractivity contribution in [1.82, 2.24) is 9.99 Å². The number of aryl methyl sites for hydroxylation is 1. The lowest BCUT2D eigenvalue weighted by Crippen LogP contribution is -2.33. The molecule has 0 unspecified atom stereocenters. The number of nitrogens with zero attached hydrogens (tertiary/aromatic N) is 2. The van der Waals surface area contributed by atoms with Crippen LogP contribution < -0.4 is 22.0 Å². The first-order valence-electron chi connectivity index (χ1n) is 9.83. The van der Waals surface area contributed by atoms with Crippen molar-refractivity contribution in [1.29, 1.82) is 0 Å². The molecular weight excluding hydrogens is 458 g/mol. The third-order valence-corrected chi connectivity index (χ3v) is 5.28. The lowest BCUT2D eigenvalue weighted by atomic mass is 10.2. The molecule has 0 aliphatic heterocycles. The summed E-state index contributed by atoms with van der Waals surface area (Å²) in [6, 6.07) is 16.0. The van der Waals surface area contributed by atoms with Gasteiger partial charge >= 0.3 is 5.97 Å². The Balaban J connectivity index is 0.000000250. The SMILES string of the molecule is COC(=O)CN(N)/C=C(\N)CN.COc1ccc(C)cc1.Sc1ccc(-c2ccncc2)s1. The molecule has 3 aromatic rings. The molecule has 33 heavy (non-hydrogen) atoms. The normalized spacial score (nSPS) is 10.2. The van der Waals surface area contributed by atoms with Crippen LogP contribution in [0.1, 0.15) is 5.56 Å². The standard InChI is InChI=1S/C9H7NS2.C8H10O.C6H14N4O2/c11-9-2-1-8(12-9)7-3-5-10-6-4-7;1-7-3-5-8(9-2)6-4-7;1-12-6(11)4-10(9)3-5(8)2-7/h1-6,11H;3-6H,1-2H3;3H,2,4,7-9H2,1H3/b;;5-3-. The fraction of sp³-hybridized carbons (Fsp3) is 0.217. The Hall–Kier alpha value is -3.05. The minimum absolute atomic E-state index is 0.0444. The van der Waals surface area contributed by atoms with Gasteiger partial charge in [0.15, 0.2) is 0 Å². The highest BCUT2D eigenvalue weighted by atomic mass is 32.2. The summed E-state index contributed by atoms with van der Waals surface area (Å²) < 4.78 is 10.4. The number of aromatic nitrogens is 1. The van der Waals surface area contributed by atoms with Gasteiger partial charge in [-0.05, 0) is 48.9 Å². The van der Waals surface area contributed by atoms with E-state index in [-0.39, 0.29) is 13.1 Å². The fourth-order valence-electron chi connectivity index (χ4n) is 2.20. The maximum Gasteiger partial charge on any atom is 0.326 e. The van der Waals surface area contributed by atoms with Gasteiger partial charge in [0, 0.05) is 35.7 Å². The number of rotatable bonds is 6. The van der Waals surface area contributed by atoms with Crippen molar-refractivity contribution in [3.63, 3.8) is 0 Å². The lowest BCUT2D eigenvalue weighted by Gasteiger charge is -2.12. The van der Waals surface area contributed by atoms with Gasteiger partial charge < -0.3 is 25.9 Å². The van der Waals surface area contributed by atoms with E-state index in [4.69, 9.17) is 22.0 Å². The van der Waals surface area contributed by atoms with Crippen molar-refractivity contribution < 1.29 is 14.3 Å². The van der Waals surface area contributed by atoms with Crippen molar-refractivity contribution in [2.45, 2.75) is 11.1 Å². The minimum atomic E-state index is -0.432. The highest BCUT2D eigenvalue weighted by molar-refractivity contribution is 7.83. The van der Waals surface area contributed by atoms with Crippen molar-refractivity contribution in [3.8, 4) is 16.2 Å². The van der Waals surface area contributed by atoms with Gasteiger partial charge in [0.05, 0.1) is 18.4 Å². The molecule has 0 aliphatic carbocycles. The van der Waals surface area contributed by atoms with Gasteiger partial charge in [-0.3, -0.25) is 9.78 Å². The molecule has 0 bridgehead atoms. The van der Waals surface area contributed by atoms with E-state index < -0.39 is 5.97 Å². The van der Waals surface area contributed by atoms with Crippen LogP contribution in [0, 0.1) is 6.92 Å². The average molecular weight is 490 g/mol. The second kappa shape index (κ2) is 15.7. The number of pyridine rings is 1. The van der Waals surface area contributed by atoms with E-state index in [1.807, 2.05) is 42.5 Å². The molecule has 0 saturated heterocycles. The Morgan fingerprint density at radius 2 is 1.76 bits per heavy atom. The number of benzene rings is 1. The second-order valence-corrected chi connectivity index (χ2v) is 8.42. The number of nitrogens with two attached hydrogens (primary N) is 3. The van der Waals surface area contributed by atoms with Gasteiger partial charge in [0.25, 0.3) is 0 Å². The predicted molar refractivity (Wildman–Crippen MR) is 137 cm³/mol. The molecule has 2 heterocycles. The molecular formula is C23H31N5O3S2. The van der Waals surface area contributed by atoms with Crippen molar-refractivity contribution in [3.05, 3.63) is 78.4 Å². The summed E-state index contributed by atoms with van der Waals surface area (Å²) in [5, 5.41) is 1.12. The van der Waals surface area contributed by atoms with Gasteiger partial charge in [-0.25, -0.2) is 5.84 Å². The first-order chi connectivity index (χ1) is 15.8. The first-order valence-corrected chi connectivity index (χ1v) is 11.1. The van der Waals surface area contributed by atoms with Gasteiger partial charge in [0.1, 0.15) is 12.3 Å². The number of carbonyl (C=O) groups excluding carboxylic acids is 1. The number of thiophene rings is 1. The number of hydrogen-bond acceptors (Lipinski definition) is 10. The summed E-state index contributed by atoms with van der Waals surface area (Å²) in [5.41, 5.74) is 13.4. The molecule has 0 saturated carbocycles. The zero-order valence-corrected chi connectivity index (χ0v) is 20.7. The molecule has 0 aliphatic rings. The van der Waals surface area contributed by atoms with Crippen LogP contribution in [0.4, 0.5) is 0 Å². The number of methoxy groups -OCH3 is 2. The largest absolute Gasteiger partial charge is 0.497 e. The van der Waals surface area contributed by atoms with E-state index in [1.165, 1.54) is 29.3 Å². The predicted octanol–water partition coefficient (Wildman–Crippen LogP) is 3.20. The van der Waals surface area contributed by atoms with Crippen LogP contribution in [0.25, 0.3) is 10.4 Å². The summed E-state index contributed by atoms with van der Waals surface area (Å²) in [6.07, 6.45) is 4.98. The van der Waals surface area contributed by atoms with E-state index in [2.05, 4.69) is 35.3 Å². The van der Waals surface area contributed by atoms with Crippen molar-refractivity contribution in [2.24, 2.45) is 17.3 Å². The molecule has 2 aromatic heterocycles. The molecule has 0 atom stereocenters. The fourth-order valence-corrected chi connectivity index (χ4v) is 3.32. The summed E-state index contributed by atoms with van der Waals surface area (Å²) in [7, 11) is 2.96. The monoisotopic (exact) mass is 489 g/mol. The van der Waals surface area contributed by atoms with E-state index in [0.717, 1.165) is 15.0 Å². The smallest absolute Gasteiger partial charge is 0.326 e. The molecule has 0 amide bonds. The Morgan fingerprint density at radius 3 is 2.24 bits per heavy atom. The molecule has 10 heteroatoms. The van der Waals surface area contributed by atoms with E-state index in [9.17, 15) is 4.79 Å². The van der Waals surface area contributed by atoms with Gasteiger partial charge in [0.2, 0.25) is 0 Å². The number of hydrazine groups is 1. The molecule has 8 nitrogen and oxygen atoms in total. The molecule has 0 radical (unpaired) electrons. The minimum Gasteiger partial charge on any atom is -0.497 e. The first kappa shape index (κ1) is 28.0. The number of ether oxygens (including phenoxy) is 2. The lowest BCUT2D eigenvalue weighted by molar-refractivity contribution is -0.141. The molecule has 178 valence electrons. The van der Waals surface area contributed by atoms with Crippen molar-refractivity contribution >= 4 is 29.9 Å². The maximum absolute atomic E-state index is 10.6. The van der Waals surface area contributed by atoms with Gasteiger partial charge in [-0.15, -0.1) is 24.0 Å². The molecule has 0 fully saturated rings.